The van der Waals surface area contributed by atoms with Crippen LogP contribution in [0, 0.1) is 11.3 Å². The van der Waals surface area contributed by atoms with Crippen LogP contribution in [0.4, 0.5) is 0 Å². The Balaban J connectivity index is 1.62. The fraction of sp³-hybridized carbons (Fsp3) is 0.400. The summed E-state index contributed by atoms with van der Waals surface area (Å²) in [5, 5.41) is 17.0. The number of nitrogens with one attached hydrogen (secondary N) is 1. The van der Waals surface area contributed by atoms with Crippen LogP contribution in [0.1, 0.15) is 48.6 Å². The molecule has 102 valence electrons. The molecule has 4 nitrogen and oxygen atoms in total. The zero-order valence-electron chi connectivity index (χ0n) is 11.2. The molecule has 20 heavy (non-hydrogen) atoms. The summed E-state index contributed by atoms with van der Waals surface area (Å²) in [5.74, 6) is 2.40. The lowest BCUT2D eigenvalue weighted by molar-refractivity contribution is 0.671. The summed E-state index contributed by atoms with van der Waals surface area (Å²) in [6.45, 7) is 0. The molecule has 1 aromatic heterocycles. The van der Waals surface area contributed by atoms with Gasteiger partial charge in [-0.15, -0.1) is 5.10 Å². The lowest BCUT2D eigenvalue weighted by Gasteiger charge is -2.02. The first-order valence-electron chi connectivity index (χ1n) is 6.89. The Morgan fingerprint density at radius 1 is 1.35 bits per heavy atom. The Labute approximate surface area is 122 Å². The van der Waals surface area contributed by atoms with Gasteiger partial charge in [0.2, 0.25) is 5.16 Å². The lowest BCUT2D eigenvalue weighted by Crippen LogP contribution is -1.94. The summed E-state index contributed by atoms with van der Waals surface area (Å²) < 4.78 is 0. The van der Waals surface area contributed by atoms with E-state index in [2.05, 4.69) is 21.3 Å². The first kappa shape index (κ1) is 13.2. The molecule has 0 radical (unpaired) electrons. The van der Waals surface area contributed by atoms with Gasteiger partial charge in [0.1, 0.15) is 5.82 Å². The number of rotatable bonds is 4. The number of nitrogens with zero attached hydrogens (tertiary/aromatic N) is 3. The average molecular weight is 284 g/mol. The van der Waals surface area contributed by atoms with Gasteiger partial charge in [-0.1, -0.05) is 36.7 Å². The minimum absolute atomic E-state index is 0.568. The first-order chi connectivity index (χ1) is 9.85. The van der Waals surface area contributed by atoms with Gasteiger partial charge in [0.25, 0.3) is 0 Å². The van der Waals surface area contributed by atoms with Crippen molar-refractivity contribution in [3.8, 4) is 6.07 Å². The lowest BCUT2D eigenvalue weighted by atomic mass is 10.1. The van der Waals surface area contributed by atoms with Crippen LogP contribution in [-0.2, 0) is 5.75 Å². The standard InChI is InChI=1S/C15H16N4S/c16-9-11-4-3-5-12(8-11)10-20-15-17-14(18-19-15)13-6-1-2-7-13/h3-5,8,13H,1-2,6-7,10H2,(H,17,18,19). The van der Waals surface area contributed by atoms with Crippen molar-refractivity contribution in [1.29, 1.82) is 5.26 Å². The van der Waals surface area contributed by atoms with E-state index in [0.29, 0.717) is 11.5 Å². The Kier molecular flexibility index (Phi) is 4.03. The fourth-order valence-corrected chi connectivity index (χ4v) is 3.33. The van der Waals surface area contributed by atoms with Crippen molar-refractivity contribution >= 4 is 11.8 Å². The summed E-state index contributed by atoms with van der Waals surface area (Å²) in [7, 11) is 0. The van der Waals surface area contributed by atoms with E-state index < -0.39 is 0 Å². The molecule has 1 heterocycles. The largest absolute Gasteiger partial charge is 0.262 e. The van der Waals surface area contributed by atoms with Gasteiger partial charge in [0.05, 0.1) is 11.6 Å². The van der Waals surface area contributed by atoms with Crippen LogP contribution in [0.2, 0.25) is 0 Å². The maximum atomic E-state index is 8.89. The van der Waals surface area contributed by atoms with Crippen LogP contribution >= 0.6 is 11.8 Å². The van der Waals surface area contributed by atoms with E-state index in [9.17, 15) is 0 Å². The molecule has 3 rings (SSSR count). The molecule has 0 saturated heterocycles. The Morgan fingerprint density at radius 3 is 3.00 bits per heavy atom. The third kappa shape index (κ3) is 3.02. The molecule has 1 fully saturated rings. The summed E-state index contributed by atoms with van der Waals surface area (Å²) in [6.07, 6.45) is 5.05. The molecule has 1 saturated carbocycles. The van der Waals surface area contributed by atoms with E-state index in [1.165, 1.54) is 25.7 Å². The van der Waals surface area contributed by atoms with Crippen molar-refractivity contribution in [3.63, 3.8) is 0 Å². The van der Waals surface area contributed by atoms with Crippen molar-refractivity contribution in [2.45, 2.75) is 42.5 Å². The highest BCUT2D eigenvalue weighted by Gasteiger charge is 2.20. The van der Waals surface area contributed by atoms with Gasteiger partial charge in [-0.05, 0) is 30.5 Å². The zero-order valence-corrected chi connectivity index (χ0v) is 12.0. The van der Waals surface area contributed by atoms with Crippen molar-refractivity contribution in [2.24, 2.45) is 0 Å². The number of benzene rings is 1. The predicted octanol–water partition coefficient (Wildman–Crippen LogP) is 3.63. The molecular formula is C15H16N4S. The summed E-state index contributed by atoms with van der Waals surface area (Å²) >= 11 is 1.61. The highest BCUT2D eigenvalue weighted by molar-refractivity contribution is 7.98. The van der Waals surface area contributed by atoms with Gasteiger partial charge < -0.3 is 0 Å². The number of hydrogen-bond acceptors (Lipinski definition) is 4. The normalized spacial score (nSPS) is 15.3. The maximum Gasteiger partial charge on any atom is 0.208 e. The number of aromatic nitrogens is 3. The van der Waals surface area contributed by atoms with E-state index in [4.69, 9.17) is 5.26 Å². The topological polar surface area (TPSA) is 65.4 Å². The SMILES string of the molecule is N#Cc1cccc(CSc2n[nH]c(C3CCCC3)n2)c1. The number of aromatic amines is 1. The molecule has 1 aliphatic rings. The first-order valence-corrected chi connectivity index (χ1v) is 7.88. The number of nitriles is 1. The number of H-pyrrole nitrogens is 1. The quantitative estimate of drug-likeness (QED) is 0.871. The van der Waals surface area contributed by atoms with Gasteiger partial charge >= 0.3 is 0 Å². The third-order valence-electron chi connectivity index (χ3n) is 3.65. The van der Waals surface area contributed by atoms with Crippen LogP contribution < -0.4 is 0 Å². The molecule has 2 aromatic rings. The van der Waals surface area contributed by atoms with Crippen LogP contribution in [0.5, 0.6) is 0 Å². The molecule has 0 atom stereocenters. The Hall–Kier alpha value is -1.80. The number of hydrogen-bond donors (Lipinski definition) is 1. The van der Waals surface area contributed by atoms with E-state index in [-0.39, 0.29) is 0 Å². The molecule has 1 aromatic carbocycles. The predicted molar refractivity (Wildman–Crippen MR) is 78.3 cm³/mol. The van der Waals surface area contributed by atoms with Crippen LogP contribution in [-0.4, -0.2) is 15.2 Å². The van der Waals surface area contributed by atoms with Gasteiger partial charge in [-0.3, -0.25) is 5.10 Å². The fourth-order valence-electron chi connectivity index (χ4n) is 2.58. The average Bonchev–Trinajstić information content (AvgIpc) is 3.16. The monoisotopic (exact) mass is 284 g/mol. The smallest absolute Gasteiger partial charge is 0.208 e. The summed E-state index contributed by atoms with van der Waals surface area (Å²) in [5.41, 5.74) is 1.82. The number of thioether (sulfide) groups is 1. The minimum Gasteiger partial charge on any atom is -0.262 e. The molecule has 1 aliphatic carbocycles. The van der Waals surface area contributed by atoms with Crippen molar-refractivity contribution < 1.29 is 0 Å². The van der Waals surface area contributed by atoms with Crippen molar-refractivity contribution in [1.82, 2.24) is 15.2 Å². The Morgan fingerprint density at radius 2 is 2.20 bits per heavy atom. The molecule has 1 N–H and O–H groups in total. The van der Waals surface area contributed by atoms with Crippen molar-refractivity contribution in [2.75, 3.05) is 0 Å². The van der Waals surface area contributed by atoms with Gasteiger partial charge in [0.15, 0.2) is 0 Å². The van der Waals surface area contributed by atoms with Crippen LogP contribution in [0.15, 0.2) is 29.4 Å². The zero-order chi connectivity index (χ0) is 13.8. The van der Waals surface area contributed by atoms with E-state index in [0.717, 1.165) is 22.3 Å². The van der Waals surface area contributed by atoms with Gasteiger partial charge in [-0.2, -0.15) is 5.26 Å². The molecule has 0 amide bonds. The second-order valence-electron chi connectivity index (χ2n) is 5.09. The van der Waals surface area contributed by atoms with Crippen molar-refractivity contribution in [3.05, 3.63) is 41.2 Å². The molecule has 0 spiro atoms. The van der Waals surface area contributed by atoms with Gasteiger partial charge in [-0.25, -0.2) is 4.98 Å². The molecule has 0 aliphatic heterocycles. The second-order valence-corrected chi connectivity index (χ2v) is 6.03. The minimum atomic E-state index is 0.568. The molecular weight excluding hydrogens is 268 g/mol. The maximum absolute atomic E-state index is 8.89. The second kappa shape index (κ2) is 6.10. The molecule has 0 unspecified atom stereocenters. The molecule has 5 heteroatoms. The highest BCUT2D eigenvalue weighted by Crippen LogP contribution is 2.32. The van der Waals surface area contributed by atoms with E-state index in [1.54, 1.807) is 11.8 Å². The molecule has 0 bridgehead atoms. The van der Waals surface area contributed by atoms with E-state index >= 15 is 0 Å². The highest BCUT2D eigenvalue weighted by atomic mass is 32.2. The van der Waals surface area contributed by atoms with Crippen LogP contribution in [0.3, 0.4) is 0 Å². The third-order valence-corrected chi connectivity index (χ3v) is 4.57. The summed E-state index contributed by atoms with van der Waals surface area (Å²) in [6, 6.07) is 9.83. The Bertz CT molecular complexity index is 623. The van der Waals surface area contributed by atoms with Crippen LogP contribution in [0.25, 0.3) is 0 Å². The van der Waals surface area contributed by atoms with E-state index in [1.807, 2.05) is 24.3 Å². The summed E-state index contributed by atoms with van der Waals surface area (Å²) in [4.78, 5) is 4.58. The van der Waals surface area contributed by atoms with Gasteiger partial charge in [0, 0.05) is 11.7 Å².